The fraction of sp³-hybridized carbons (Fsp3) is 0.375. The van der Waals surface area contributed by atoms with Gasteiger partial charge in [0.2, 0.25) is 5.91 Å². The van der Waals surface area contributed by atoms with Crippen molar-refractivity contribution in [3.63, 3.8) is 0 Å². The van der Waals surface area contributed by atoms with Gasteiger partial charge in [0.15, 0.2) is 11.5 Å². The van der Waals surface area contributed by atoms with E-state index in [0.717, 1.165) is 5.56 Å². The third-order valence-corrected chi connectivity index (χ3v) is 3.74. The van der Waals surface area contributed by atoms with Crippen LogP contribution >= 0.6 is 0 Å². The number of nitrogens with one attached hydrogen (secondary N) is 1. The Balaban J connectivity index is 2.62. The van der Waals surface area contributed by atoms with Crippen LogP contribution in [0.15, 0.2) is 11.8 Å². The van der Waals surface area contributed by atoms with Crippen molar-refractivity contribution in [2.45, 2.75) is 6.92 Å². The van der Waals surface area contributed by atoms with Crippen molar-refractivity contribution in [2.75, 3.05) is 34.9 Å². The van der Waals surface area contributed by atoms with Crippen molar-refractivity contribution in [3.8, 4) is 17.2 Å². The predicted octanol–water partition coefficient (Wildman–Crippen LogP) is 0.950. The third-order valence-electron chi connectivity index (χ3n) is 3.74. The van der Waals surface area contributed by atoms with Crippen molar-refractivity contribution in [3.05, 3.63) is 22.9 Å². The summed E-state index contributed by atoms with van der Waals surface area (Å²) in [5, 5.41) is 2.54. The molecule has 1 N–H and O–H groups in total. The molecule has 7 heteroatoms. The molecule has 1 aliphatic heterocycles. The zero-order valence-electron chi connectivity index (χ0n) is 13.9. The first-order chi connectivity index (χ1) is 10.9. The topological polar surface area (TPSA) is 77.1 Å². The maximum Gasteiger partial charge on any atom is 0.268 e. The Hall–Kier alpha value is -2.70. The summed E-state index contributed by atoms with van der Waals surface area (Å²) in [7, 11) is 6.17. The van der Waals surface area contributed by atoms with Crippen LogP contribution in [0.3, 0.4) is 0 Å². The second-order valence-corrected chi connectivity index (χ2v) is 5.02. The number of benzene rings is 1. The molecule has 2 rings (SSSR count). The van der Waals surface area contributed by atoms with Gasteiger partial charge in [0, 0.05) is 18.2 Å². The van der Waals surface area contributed by atoms with Gasteiger partial charge in [-0.1, -0.05) is 0 Å². The van der Waals surface area contributed by atoms with Gasteiger partial charge in [-0.2, -0.15) is 0 Å². The Kier molecular flexibility index (Phi) is 4.78. The first-order valence-corrected chi connectivity index (χ1v) is 7.00. The van der Waals surface area contributed by atoms with Crippen LogP contribution in [0.5, 0.6) is 17.2 Å². The van der Waals surface area contributed by atoms with Crippen LogP contribution in [0.25, 0.3) is 6.08 Å². The molecule has 2 amide bonds. The second kappa shape index (κ2) is 6.60. The van der Waals surface area contributed by atoms with Crippen molar-refractivity contribution < 1.29 is 23.8 Å². The van der Waals surface area contributed by atoms with Crippen molar-refractivity contribution in [1.29, 1.82) is 0 Å². The van der Waals surface area contributed by atoms with Crippen molar-refractivity contribution >= 4 is 17.9 Å². The molecule has 7 nitrogen and oxygen atoms in total. The summed E-state index contributed by atoms with van der Waals surface area (Å²) in [5.74, 6) is 1.12. The highest BCUT2D eigenvalue weighted by Crippen LogP contribution is 2.40. The molecule has 0 aromatic heterocycles. The van der Waals surface area contributed by atoms with Crippen LogP contribution in [0.2, 0.25) is 0 Å². The van der Waals surface area contributed by atoms with E-state index in [4.69, 9.17) is 14.2 Å². The molecule has 0 atom stereocenters. The van der Waals surface area contributed by atoms with Crippen molar-refractivity contribution in [1.82, 2.24) is 10.2 Å². The van der Waals surface area contributed by atoms with E-state index in [9.17, 15) is 9.59 Å². The maximum absolute atomic E-state index is 12.0. The lowest BCUT2D eigenvalue weighted by atomic mass is 10.0. The van der Waals surface area contributed by atoms with Crippen LogP contribution in [0, 0.1) is 6.92 Å². The van der Waals surface area contributed by atoms with Crippen LogP contribution in [-0.4, -0.2) is 51.6 Å². The van der Waals surface area contributed by atoms with Gasteiger partial charge in [-0.15, -0.1) is 0 Å². The number of amides is 2. The number of rotatable bonds is 4. The van der Waals surface area contributed by atoms with E-state index in [2.05, 4.69) is 5.32 Å². The fourth-order valence-corrected chi connectivity index (χ4v) is 2.52. The highest BCUT2D eigenvalue weighted by atomic mass is 16.5. The number of ether oxygens (including phenoxy) is 3. The summed E-state index contributed by atoms with van der Waals surface area (Å²) >= 11 is 0. The second-order valence-electron chi connectivity index (χ2n) is 5.02. The van der Waals surface area contributed by atoms with Gasteiger partial charge >= 0.3 is 0 Å². The predicted molar refractivity (Wildman–Crippen MR) is 84.6 cm³/mol. The molecule has 0 aliphatic carbocycles. The Labute approximate surface area is 134 Å². The molecule has 1 aromatic rings. The van der Waals surface area contributed by atoms with Gasteiger partial charge in [-0.25, -0.2) is 0 Å². The summed E-state index contributed by atoms with van der Waals surface area (Å²) in [6, 6.07) is 1.71. The summed E-state index contributed by atoms with van der Waals surface area (Å²) in [6.45, 7) is 1.83. The fourth-order valence-electron chi connectivity index (χ4n) is 2.52. The summed E-state index contributed by atoms with van der Waals surface area (Å²) < 4.78 is 16.1. The molecule has 1 aliphatic rings. The molecular formula is C16H20N2O5. The van der Waals surface area contributed by atoms with Crippen LogP contribution in [0.4, 0.5) is 0 Å². The van der Waals surface area contributed by atoms with E-state index in [0.29, 0.717) is 22.8 Å². The van der Waals surface area contributed by atoms with Gasteiger partial charge in [0.05, 0.1) is 27.9 Å². The number of piperazine rings is 1. The molecule has 0 saturated carbocycles. The lowest BCUT2D eigenvalue weighted by Crippen LogP contribution is -2.47. The van der Waals surface area contributed by atoms with Gasteiger partial charge < -0.3 is 24.4 Å². The molecule has 0 radical (unpaired) electrons. The van der Waals surface area contributed by atoms with Gasteiger partial charge in [0.25, 0.3) is 5.91 Å². The lowest BCUT2D eigenvalue weighted by Gasteiger charge is -2.26. The quantitative estimate of drug-likeness (QED) is 0.836. The highest BCUT2D eigenvalue weighted by Gasteiger charge is 2.27. The van der Waals surface area contributed by atoms with Crippen LogP contribution in [0.1, 0.15) is 11.1 Å². The zero-order valence-corrected chi connectivity index (χ0v) is 13.9. The van der Waals surface area contributed by atoms with E-state index in [1.165, 1.54) is 19.1 Å². The Morgan fingerprint density at radius 2 is 1.78 bits per heavy atom. The van der Waals surface area contributed by atoms with Gasteiger partial charge in [-0.05, 0) is 19.1 Å². The van der Waals surface area contributed by atoms with Crippen LogP contribution in [-0.2, 0) is 9.59 Å². The van der Waals surface area contributed by atoms with Crippen LogP contribution < -0.4 is 19.5 Å². The molecule has 23 heavy (non-hydrogen) atoms. The summed E-state index contributed by atoms with van der Waals surface area (Å²) in [5.41, 5.74) is 1.60. The number of hydrogen-bond donors (Lipinski definition) is 1. The monoisotopic (exact) mass is 320 g/mol. The molecule has 1 fully saturated rings. The number of hydrogen-bond acceptors (Lipinski definition) is 5. The first-order valence-electron chi connectivity index (χ1n) is 7.00. The first kappa shape index (κ1) is 16.7. The average Bonchev–Trinajstić information content (AvgIpc) is 2.54. The number of nitrogens with zero attached hydrogens (tertiary/aromatic N) is 1. The Morgan fingerprint density at radius 3 is 2.35 bits per heavy atom. The smallest absolute Gasteiger partial charge is 0.268 e. The molecule has 0 spiro atoms. The number of likely N-dealkylation sites (N-methyl/N-ethyl adjacent to an activating group) is 1. The minimum absolute atomic E-state index is 0.00519. The van der Waals surface area contributed by atoms with Crippen molar-refractivity contribution in [2.24, 2.45) is 0 Å². The zero-order chi connectivity index (χ0) is 17.1. The van der Waals surface area contributed by atoms with E-state index < -0.39 is 0 Å². The summed E-state index contributed by atoms with van der Waals surface area (Å²) in [4.78, 5) is 25.2. The molecule has 0 unspecified atom stereocenters. The summed E-state index contributed by atoms with van der Waals surface area (Å²) in [6.07, 6.45) is 1.60. The highest BCUT2D eigenvalue weighted by molar-refractivity contribution is 6.06. The minimum atomic E-state index is -0.318. The van der Waals surface area contributed by atoms with E-state index in [1.807, 2.05) is 6.92 Å². The number of methoxy groups -OCH3 is 3. The Bertz CT molecular complexity index is 682. The standard InChI is InChI=1S/C16H20N2O5/c1-9-14(22-4)10(7-12(21-3)15(9)23-5)6-11-16(20)17-8-13(19)18(11)2/h6-7H,8H2,1-5H3,(H,17,20)/b11-6-. The minimum Gasteiger partial charge on any atom is -0.496 e. The SMILES string of the molecule is COc1cc(/C=C2/C(=O)NCC(=O)N2C)c(OC)c(C)c1OC. The van der Waals surface area contributed by atoms with E-state index in [1.54, 1.807) is 26.3 Å². The number of carbonyl (C=O) groups excluding carboxylic acids is 2. The van der Waals surface area contributed by atoms with Gasteiger partial charge in [0.1, 0.15) is 11.4 Å². The average molecular weight is 320 g/mol. The maximum atomic E-state index is 12.0. The molecule has 1 aromatic carbocycles. The van der Waals surface area contributed by atoms with E-state index in [-0.39, 0.29) is 24.1 Å². The third kappa shape index (κ3) is 2.94. The lowest BCUT2D eigenvalue weighted by molar-refractivity contribution is -0.135. The van der Waals surface area contributed by atoms with Gasteiger partial charge in [-0.3, -0.25) is 9.59 Å². The largest absolute Gasteiger partial charge is 0.496 e. The number of carbonyl (C=O) groups is 2. The molecule has 1 heterocycles. The Morgan fingerprint density at radius 1 is 1.13 bits per heavy atom. The molecular weight excluding hydrogens is 300 g/mol. The molecule has 124 valence electrons. The molecule has 0 bridgehead atoms. The molecule has 1 saturated heterocycles. The van der Waals surface area contributed by atoms with E-state index >= 15 is 0 Å². The normalized spacial score (nSPS) is 16.4.